The molecule has 0 spiro atoms. The molecule has 2 nitrogen and oxygen atoms in total. The molecule has 5 atom stereocenters. The van der Waals surface area contributed by atoms with Gasteiger partial charge in [0, 0.05) is 17.8 Å². The van der Waals surface area contributed by atoms with Gasteiger partial charge < -0.3 is 0 Å². The summed E-state index contributed by atoms with van der Waals surface area (Å²) in [6.45, 7) is 4.54. The Hall–Kier alpha value is -0.920. The molecule has 4 aliphatic carbocycles. The Morgan fingerprint density at radius 1 is 0.952 bits per heavy atom. The van der Waals surface area contributed by atoms with E-state index in [0.29, 0.717) is 29.8 Å². The van der Waals surface area contributed by atoms with E-state index in [-0.39, 0.29) is 16.7 Å². The number of carbonyl (C=O) groups is 2. The van der Waals surface area contributed by atoms with Gasteiger partial charge in [0.15, 0.2) is 5.78 Å². The summed E-state index contributed by atoms with van der Waals surface area (Å²) in [4.78, 5) is 25.2. The summed E-state index contributed by atoms with van der Waals surface area (Å²) in [5.74, 6) is 1.70. The average molecular weight is 286 g/mol. The highest BCUT2D eigenvalue weighted by Gasteiger charge is 2.60. The molecule has 2 heteroatoms. The van der Waals surface area contributed by atoms with Crippen LogP contribution in [0, 0.1) is 28.6 Å². The summed E-state index contributed by atoms with van der Waals surface area (Å²) in [5, 5.41) is 0. The van der Waals surface area contributed by atoms with E-state index in [9.17, 15) is 9.59 Å². The Morgan fingerprint density at radius 2 is 1.71 bits per heavy atom. The lowest BCUT2D eigenvalue weighted by atomic mass is 9.48. The molecule has 0 N–H and O–H groups in total. The fourth-order valence-electron chi connectivity index (χ4n) is 6.21. The maximum absolute atomic E-state index is 12.8. The summed E-state index contributed by atoms with van der Waals surface area (Å²) in [7, 11) is 0. The molecule has 0 aromatic heterocycles. The third-order valence-electron chi connectivity index (χ3n) is 7.57. The van der Waals surface area contributed by atoms with Crippen LogP contribution < -0.4 is 0 Å². The summed E-state index contributed by atoms with van der Waals surface area (Å²) in [5.41, 5.74) is 1.46. The largest absolute Gasteiger partial charge is 0.299 e. The van der Waals surface area contributed by atoms with Crippen molar-refractivity contribution in [2.45, 2.75) is 65.2 Å². The first-order valence-electron chi connectivity index (χ1n) is 8.75. The lowest BCUT2D eigenvalue weighted by molar-refractivity contribution is -0.139. The first-order valence-corrected chi connectivity index (χ1v) is 8.75. The van der Waals surface area contributed by atoms with Crippen molar-refractivity contribution in [1.82, 2.24) is 0 Å². The standard InChI is InChI=1S/C19H26O2/c1-18-9-4-3-5-12(18)11-15(20)17-13-6-7-16(21)19(13,2)10-8-14(17)18/h11,13-14,17H,3-10H2,1-2H3/t13-,14+,17-,18-,19-/m0/s1. The highest BCUT2D eigenvalue weighted by molar-refractivity contribution is 5.96. The van der Waals surface area contributed by atoms with Gasteiger partial charge in [-0.3, -0.25) is 9.59 Å². The van der Waals surface area contributed by atoms with E-state index in [2.05, 4.69) is 13.8 Å². The first-order chi connectivity index (χ1) is 9.97. The minimum Gasteiger partial charge on any atom is -0.299 e. The van der Waals surface area contributed by atoms with Crippen molar-refractivity contribution in [3.63, 3.8) is 0 Å². The third kappa shape index (κ3) is 1.65. The third-order valence-corrected chi connectivity index (χ3v) is 7.57. The van der Waals surface area contributed by atoms with Gasteiger partial charge in [0.25, 0.3) is 0 Å². The van der Waals surface area contributed by atoms with Crippen molar-refractivity contribution in [3.8, 4) is 0 Å². The zero-order valence-corrected chi connectivity index (χ0v) is 13.3. The topological polar surface area (TPSA) is 34.1 Å². The second kappa shape index (κ2) is 4.30. The molecule has 3 saturated carbocycles. The van der Waals surface area contributed by atoms with E-state index in [4.69, 9.17) is 0 Å². The lowest BCUT2D eigenvalue weighted by Gasteiger charge is -2.55. The molecule has 0 aromatic carbocycles. The van der Waals surface area contributed by atoms with Crippen LogP contribution in [0.1, 0.15) is 65.2 Å². The maximum Gasteiger partial charge on any atom is 0.159 e. The van der Waals surface area contributed by atoms with E-state index in [1.165, 1.54) is 24.8 Å². The number of carbonyl (C=O) groups excluding carboxylic acids is 2. The molecule has 4 rings (SSSR count). The van der Waals surface area contributed by atoms with Crippen molar-refractivity contribution >= 4 is 11.6 Å². The minimum absolute atomic E-state index is 0.127. The Bertz CT molecular complexity index is 546. The average Bonchev–Trinajstić information content (AvgIpc) is 2.76. The Morgan fingerprint density at radius 3 is 2.52 bits per heavy atom. The van der Waals surface area contributed by atoms with Crippen molar-refractivity contribution in [2.24, 2.45) is 28.6 Å². The normalized spacial score (nSPS) is 49.2. The van der Waals surface area contributed by atoms with Crippen LogP contribution in [0.3, 0.4) is 0 Å². The van der Waals surface area contributed by atoms with Crippen LogP contribution in [-0.2, 0) is 9.59 Å². The van der Waals surface area contributed by atoms with Gasteiger partial charge in [-0.05, 0) is 61.9 Å². The molecule has 0 heterocycles. The predicted molar refractivity (Wildman–Crippen MR) is 81.7 cm³/mol. The van der Waals surface area contributed by atoms with Crippen LogP contribution in [0.2, 0.25) is 0 Å². The lowest BCUT2D eigenvalue weighted by Crippen LogP contribution is -2.52. The molecule has 0 bridgehead atoms. The maximum atomic E-state index is 12.8. The predicted octanol–water partition coefficient (Wildman–Crippen LogP) is 4.09. The van der Waals surface area contributed by atoms with E-state index >= 15 is 0 Å². The van der Waals surface area contributed by atoms with Gasteiger partial charge in [-0.1, -0.05) is 25.8 Å². The molecule has 0 amide bonds. The van der Waals surface area contributed by atoms with Crippen LogP contribution in [-0.4, -0.2) is 11.6 Å². The summed E-state index contributed by atoms with van der Waals surface area (Å²) in [6, 6.07) is 0. The zero-order valence-electron chi connectivity index (χ0n) is 13.3. The first kappa shape index (κ1) is 13.7. The van der Waals surface area contributed by atoms with Crippen molar-refractivity contribution < 1.29 is 9.59 Å². The van der Waals surface area contributed by atoms with Crippen LogP contribution in [0.25, 0.3) is 0 Å². The Balaban J connectivity index is 1.78. The van der Waals surface area contributed by atoms with E-state index in [0.717, 1.165) is 25.7 Å². The fourth-order valence-corrected chi connectivity index (χ4v) is 6.21. The number of allylic oxidation sites excluding steroid dienone is 2. The summed E-state index contributed by atoms with van der Waals surface area (Å²) < 4.78 is 0. The number of hydrogen-bond donors (Lipinski definition) is 0. The van der Waals surface area contributed by atoms with Gasteiger partial charge in [-0.2, -0.15) is 0 Å². The zero-order chi connectivity index (χ0) is 14.8. The molecular weight excluding hydrogens is 260 g/mol. The second-order valence-corrected chi connectivity index (χ2v) is 8.35. The van der Waals surface area contributed by atoms with Crippen molar-refractivity contribution in [3.05, 3.63) is 11.6 Å². The molecule has 114 valence electrons. The summed E-state index contributed by atoms with van der Waals surface area (Å²) >= 11 is 0. The Kier molecular flexibility index (Phi) is 2.81. The monoisotopic (exact) mass is 286 g/mol. The van der Waals surface area contributed by atoms with Crippen LogP contribution >= 0.6 is 0 Å². The number of ketones is 2. The fraction of sp³-hybridized carbons (Fsp3) is 0.789. The highest BCUT2D eigenvalue weighted by atomic mass is 16.1. The van der Waals surface area contributed by atoms with Crippen molar-refractivity contribution in [2.75, 3.05) is 0 Å². The van der Waals surface area contributed by atoms with Gasteiger partial charge in [0.2, 0.25) is 0 Å². The molecule has 3 fully saturated rings. The summed E-state index contributed by atoms with van der Waals surface area (Å²) in [6.07, 6.45) is 10.6. The smallest absolute Gasteiger partial charge is 0.159 e. The highest BCUT2D eigenvalue weighted by Crippen LogP contribution is 2.63. The van der Waals surface area contributed by atoms with E-state index in [1.807, 2.05) is 6.08 Å². The Labute approximate surface area is 127 Å². The van der Waals surface area contributed by atoms with Crippen LogP contribution in [0.4, 0.5) is 0 Å². The molecule has 21 heavy (non-hydrogen) atoms. The molecular formula is C19H26O2. The van der Waals surface area contributed by atoms with Crippen LogP contribution in [0.5, 0.6) is 0 Å². The van der Waals surface area contributed by atoms with Gasteiger partial charge >= 0.3 is 0 Å². The van der Waals surface area contributed by atoms with E-state index in [1.54, 1.807) is 0 Å². The van der Waals surface area contributed by atoms with Gasteiger partial charge in [0.05, 0.1) is 0 Å². The molecule has 0 aromatic rings. The molecule has 0 radical (unpaired) electrons. The number of hydrogen-bond acceptors (Lipinski definition) is 2. The van der Waals surface area contributed by atoms with Gasteiger partial charge in [0.1, 0.15) is 5.78 Å². The molecule has 0 aliphatic heterocycles. The SMILES string of the molecule is C[C@]12CCCCC1=CC(=O)[C@@H]1[C@H]2CC[C@]2(C)C(=O)CC[C@@H]12. The molecule has 0 saturated heterocycles. The second-order valence-electron chi connectivity index (χ2n) is 8.35. The molecule has 0 unspecified atom stereocenters. The molecule has 4 aliphatic rings. The minimum atomic E-state index is -0.201. The van der Waals surface area contributed by atoms with Crippen molar-refractivity contribution in [1.29, 1.82) is 0 Å². The van der Waals surface area contributed by atoms with Gasteiger partial charge in [-0.25, -0.2) is 0 Å². The number of fused-ring (bicyclic) bond motifs is 5. The number of rotatable bonds is 0. The van der Waals surface area contributed by atoms with E-state index < -0.39 is 0 Å². The van der Waals surface area contributed by atoms with Gasteiger partial charge in [-0.15, -0.1) is 0 Å². The quantitative estimate of drug-likeness (QED) is 0.672. The number of Topliss-reactive ketones (excluding diaryl/α,β-unsaturated/α-hetero) is 1. The van der Waals surface area contributed by atoms with Crippen LogP contribution in [0.15, 0.2) is 11.6 Å².